The lowest BCUT2D eigenvalue weighted by molar-refractivity contribution is 0.515. The van der Waals surface area contributed by atoms with Crippen molar-refractivity contribution in [3.05, 3.63) is 65.3 Å². The van der Waals surface area contributed by atoms with E-state index in [0.717, 1.165) is 0 Å². The number of benzene rings is 2. The van der Waals surface area contributed by atoms with Crippen molar-refractivity contribution < 1.29 is 8.81 Å². The van der Waals surface area contributed by atoms with Gasteiger partial charge in [0, 0.05) is 5.69 Å². The molecule has 0 unspecified atom stereocenters. The Morgan fingerprint density at radius 2 is 1.95 bits per heavy atom. The third kappa shape index (κ3) is 3.20. The van der Waals surface area contributed by atoms with Crippen LogP contribution in [0.15, 0.2) is 52.9 Å². The maximum absolute atomic E-state index is 13.1. The smallest absolute Gasteiger partial charge is 0.249 e. The van der Waals surface area contributed by atoms with E-state index >= 15 is 0 Å². The topological polar surface area (TPSA) is 51.0 Å². The number of hydrogen-bond acceptors (Lipinski definition) is 4. The largest absolute Gasteiger partial charge is 0.419 e. The van der Waals surface area contributed by atoms with Gasteiger partial charge in [-0.15, -0.1) is 10.2 Å². The maximum Gasteiger partial charge on any atom is 0.249 e. The second-order valence-corrected chi connectivity index (χ2v) is 4.75. The molecule has 0 aliphatic heterocycles. The minimum absolute atomic E-state index is 0.303. The van der Waals surface area contributed by atoms with Gasteiger partial charge in [-0.05, 0) is 30.3 Å². The van der Waals surface area contributed by atoms with Crippen LogP contribution in [-0.4, -0.2) is 10.2 Å². The summed E-state index contributed by atoms with van der Waals surface area (Å²) in [5.41, 5.74) is 1.33. The SMILES string of the molecule is Fc1cccc(NCc2nnc(-c3ccccc3Cl)o2)c1. The summed E-state index contributed by atoms with van der Waals surface area (Å²) < 4.78 is 18.6. The van der Waals surface area contributed by atoms with Crippen LogP contribution in [0.1, 0.15) is 5.89 Å². The zero-order valence-electron chi connectivity index (χ0n) is 10.9. The van der Waals surface area contributed by atoms with E-state index in [1.54, 1.807) is 24.3 Å². The lowest BCUT2D eigenvalue weighted by Crippen LogP contribution is -1.99. The summed E-state index contributed by atoms with van der Waals surface area (Å²) in [5, 5.41) is 11.5. The van der Waals surface area contributed by atoms with E-state index in [1.807, 2.05) is 12.1 Å². The molecule has 1 aromatic heterocycles. The minimum atomic E-state index is -0.303. The lowest BCUT2D eigenvalue weighted by atomic mass is 10.2. The minimum Gasteiger partial charge on any atom is -0.419 e. The molecule has 1 N–H and O–H groups in total. The van der Waals surface area contributed by atoms with Crippen LogP contribution in [0.3, 0.4) is 0 Å². The molecule has 0 saturated heterocycles. The van der Waals surface area contributed by atoms with Crippen molar-refractivity contribution >= 4 is 17.3 Å². The first-order chi connectivity index (χ1) is 10.2. The summed E-state index contributed by atoms with van der Waals surface area (Å²) in [4.78, 5) is 0. The Balaban J connectivity index is 1.72. The Labute approximate surface area is 125 Å². The summed E-state index contributed by atoms with van der Waals surface area (Å²) in [5.74, 6) is 0.452. The normalized spacial score (nSPS) is 10.6. The number of anilines is 1. The van der Waals surface area contributed by atoms with Crippen LogP contribution in [0.2, 0.25) is 5.02 Å². The Morgan fingerprint density at radius 3 is 2.76 bits per heavy atom. The molecule has 4 nitrogen and oxygen atoms in total. The van der Waals surface area contributed by atoms with Crippen LogP contribution >= 0.6 is 11.6 Å². The van der Waals surface area contributed by atoms with E-state index < -0.39 is 0 Å². The molecule has 21 heavy (non-hydrogen) atoms. The Morgan fingerprint density at radius 1 is 1.10 bits per heavy atom. The average Bonchev–Trinajstić information content (AvgIpc) is 2.94. The summed E-state index contributed by atoms with van der Waals surface area (Å²) in [7, 11) is 0. The molecule has 0 radical (unpaired) electrons. The second kappa shape index (κ2) is 5.93. The molecule has 3 rings (SSSR count). The molecular weight excluding hydrogens is 293 g/mol. The molecule has 0 amide bonds. The molecule has 1 heterocycles. The maximum atomic E-state index is 13.1. The van der Waals surface area contributed by atoms with Crippen LogP contribution in [-0.2, 0) is 6.54 Å². The van der Waals surface area contributed by atoms with Crippen LogP contribution in [0.5, 0.6) is 0 Å². The predicted octanol–water partition coefficient (Wildman–Crippen LogP) is 4.14. The summed E-state index contributed by atoms with van der Waals surface area (Å²) in [6.45, 7) is 0.306. The standard InChI is InChI=1S/C15H11ClFN3O/c16-13-7-2-1-6-12(13)15-20-19-14(21-15)9-18-11-5-3-4-10(17)8-11/h1-8,18H,9H2. The van der Waals surface area contributed by atoms with Crippen molar-refractivity contribution in [2.45, 2.75) is 6.54 Å². The molecule has 0 atom stereocenters. The zero-order chi connectivity index (χ0) is 14.7. The monoisotopic (exact) mass is 303 g/mol. The molecule has 0 saturated carbocycles. The zero-order valence-corrected chi connectivity index (χ0v) is 11.6. The first-order valence-electron chi connectivity index (χ1n) is 6.29. The molecule has 0 aliphatic rings. The first-order valence-corrected chi connectivity index (χ1v) is 6.67. The van der Waals surface area contributed by atoms with Crippen LogP contribution < -0.4 is 5.32 Å². The average molecular weight is 304 g/mol. The highest BCUT2D eigenvalue weighted by Crippen LogP contribution is 2.26. The van der Waals surface area contributed by atoms with Crippen molar-refractivity contribution in [2.75, 3.05) is 5.32 Å². The fourth-order valence-electron chi connectivity index (χ4n) is 1.84. The van der Waals surface area contributed by atoms with E-state index in [2.05, 4.69) is 15.5 Å². The quantitative estimate of drug-likeness (QED) is 0.787. The summed E-state index contributed by atoms with van der Waals surface area (Å²) in [6.07, 6.45) is 0. The third-order valence-electron chi connectivity index (χ3n) is 2.84. The Bertz CT molecular complexity index is 760. The molecular formula is C15H11ClFN3O. The van der Waals surface area contributed by atoms with Crippen LogP contribution in [0, 0.1) is 5.82 Å². The second-order valence-electron chi connectivity index (χ2n) is 4.34. The van der Waals surface area contributed by atoms with Crippen LogP contribution in [0.25, 0.3) is 11.5 Å². The Hall–Kier alpha value is -2.40. The highest BCUT2D eigenvalue weighted by Gasteiger charge is 2.11. The van der Waals surface area contributed by atoms with Crippen molar-refractivity contribution in [1.82, 2.24) is 10.2 Å². The molecule has 0 spiro atoms. The first kappa shape index (κ1) is 13.6. The van der Waals surface area contributed by atoms with Gasteiger partial charge in [-0.2, -0.15) is 0 Å². The van der Waals surface area contributed by atoms with Gasteiger partial charge in [-0.3, -0.25) is 0 Å². The summed E-state index contributed by atoms with van der Waals surface area (Å²) >= 11 is 6.07. The van der Waals surface area contributed by atoms with Crippen molar-refractivity contribution in [1.29, 1.82) is 0 Å². The number of nitrogens with zero attached hydrogens (tertiary/aromatic N) is 2. The van der Waals surface area contributed by atoms with Crippen molar-refractivity contribution in [3.8, 4) is 11.5 Å². The van der Waals surface area contributed by atoms with E-state index in [4.69, 9.17) is 16.0 Å². The highest BCUT2D eigenvalue weighted by molar-refractivity contribution is 6.33. The fraction of sp³-hybridized carbons (Fsp3) is 0.0667. The van der Waals surface area contributed by atoms with Gasteiger partial charge in [-0.25, -0.2) is 4.39 Å². The van der Waals surface area contributed by atoms with Crippen molar-refractivity contribution in [2.24, 2.45) is 0 Å². The van der Waals surface area contributed by atoms with Gasteiger partial charge >= 0.3 is 0 Å². The van der Waals surface area contributed by atoms with Gasteiger partial charge in [0.05, 0.1) is 17.1 Å². The molecule has 0 fully saturated rings. The number of halogens is 2. The number of hydrogen-bond donors (Lipinski definition) is 1. The predicted molar refractivity (Wildman–Crippen MR) is 78.5 cm³/mol. The number of aromatic nitrogens is 2. The molecule has 2 aromatic carbocycles. The third-order valence-corrected chi connectivity index (χ3v) is 3.17. The van der Waals surface area contributed by atoms with Crippen LogP contribution in [0.4, 0.5) is 10.1 Å². The molecule has 3 aromatic rings. The van der Waals surface area contributed by atoms with Crippen molar-refractivity contribution in [3.63, 3.8) is 0 Å². The van der Waals surface area contributed by atoms with Gasteiger partial charge in [0.15, 0.2) is 0 Å². The fourth-order valence-corrected chi connectivity index (χ4v) is 2.06. The molecule has 106 valence electrons. The molecule has 6 heteroatoms. The Kier molecular flexibility index (Phi) is 3.83. The van der Waals surface area contributed by atoms with E-state index in [-0.39, 0.29) is 5.82 Å². The molecule has 0 bridgehead atoms. The van der Waals surface area contributed by atoms with E-state index in [9.17, 15) is 4.39 Å². The highest BCUT2D eigenvalue weighted by atomic mass is 35.5. The van der Waals surface area contributed by atoms with Gasteiger partial charge in [0.1, 0.15) is 5.82 Å². The molecule has 0 aliphatic carbocycles. The van der Waals surface area contributed by atoms with Gasteiger partial charge in [-0.1, -0.05) is 29.8 Å². The van der Waals surface area contributed by atoms with Gasteiger partial charge in [0.2, 0.25) is 11.8 Å². The van der Waals surface area contributed by atoms with E-state index in [1.165, 1.54) is 12.1 Å². The van der Waals surface area contributed by atoms with Gasteiger partial charge in [0.25, 0.3) is 0 Å². The number of nitrogens with one attached hydrogen (secondary N) is 1. The van der Waals surface area contributed by atoms with E-state index in [0.29, 0.717) is 34.6 Å². The summed E-state index contributed by atoms with van der Waals surface area (Å²) in [6, 6.07) is 13.4. The lowest BCUT2D eigenvalue weighted by Gasteiger charge is -2.02. The van der Waals surface area contributed by atoms with Gasteiger partial charge < -0.3 is 9.73 Å². The number of rotatable bonds is 4.